The van der Waals surface area contributed by atoms with E-state index in [1.165, 1.54) is 11.5 Å². The molecular weight excluding hydrogens is 188 g/mol. The molecule has 0 unspecified atom stereocenters. The molecule has 72 valence electrons. The van der Waals surface area contributed by atoms with Gasteiger partial charge in [0.05, 0.1) is 11.9 Å². The maximum Gasteiger partial charge on any atom is 0.412 e. The van der Waals surface area contributed by atoms with Crippen molar-refractivity contribution in [2.45, 2.75) is 26.4 Å². The van der Waals surface area contributed by atoms with Gasteiger partial charge in [-0.15, -0.1) is 0 Å². The number of rotatable bonds is 1. The molecule has 1 rings (SSSR count). The van der Waals surface area contributed by atoms with Crippen LogP contribution in [-0.4, -0.2) is 16.1 Å². The zero-order valence-electron chi connectivity index (χ0n) is 7.83. The van der Waals surface area contributed by atoms with E-state index in [2.05, 4.69) is 9.69 Å². The average molecular weight is 200 g/mol. The van der Waals surface area contributed by atoms with Crippen molar-refractivity contribution in [2.75, 3.05) is 5.32 Å². The first-order chi connectivity index (χ1) is 5.97. The summed E-state index contributed by atoms with van der Waals surface area (Å²) in [7, 11) is 0. The molecule has 0 saturated heterocycles. The van der Waals surface area contributed by atoms with E-state index in [-0.39, 0.29) is 0 Å². The predicted octanol–water partition coefficient (Wildman–Crippen LogP) is 2.49. The molecule has 0 radical (unpaired) electrons. The van der Waals surface area contributed by atoms with Crippen LogP contribution in [0.1, 0.15) is 20.8 Å². The minimum atomic E-state index is -0.465. The Hall–Kier alpha value is -1.10. The number of aromatic nitrogens is 1. The maximum atomic E-state index is 11.2. The summed E-state index contributed by atoms with van der Waals surface area (Å²) in [5.74, 6) is 0. The third kappa shape index (κ3) is 3.89. The summed E-state index contributed by atoms with van der Waals surface area (Å²) in [4.78, 5) is 11.2. The first-order valence-corrected chi connectivity index (χ1v) is 4.70. The summed E-state index contributed by atoms with van der Waals surface area (Å²) in [6.45, 7) is 5.45. The fourth-order valence-corrected chi connectivity index (χ4v) is 1.16. The molecule has 1 amide bonds. The van der Waals surface area contributed by atoms with Crippen molar-refractivity contribution >= 4 is 23.3 Å². The highest BCUT2D eigenvalue weighted by Gasteiger charge is 2.16. The van der Waals surface area contributed by atoms with Crippen molar-refractivity contribution in [3.8, 4) is 0 Å². The summed E-state index contributed by atoms with van der Waals surface area (Å²) in [6, 6.07) is 0. The third-order valence-electron chi connectivity index (χ3n) is 1.08. The van der Waals surface area contributed by atoms with Crippen LogP contribution >= 0.6 is 11.5 Å². The van der Waals surface area contributed by atoms with Gasteiger partial charge in [-0.05, 0) is 32.3 Å². The molecule has 13 heavy (non-hydrogen) atoms. The first kappa shape index (κ1) is 9.98. The summed E-state index contributed by atoms with van der Waals surface area (Å²) in [6.07, 6.45) is 1.13. The van der Waals surface area contributed by atoms with Gasteiger partial charge in [0.2, 0.25) is 0 Å². The van der Waals surface area contributed by atoms with Crippen molar-refractivity contribution in [2.24, 2.45) is 0 Å². The lowest BCUT2D eigenvalue weighted by molar-refractivity contribution is 0.0636. The van der Waals surface area contributed by atoms with Gasteiger partial charge in [0, 0.05) is 5.38 Å². The summed E-state index contributed by atoms with van der Waals surface area (Å²) >= 11 is 1.28. The molecule has 0 aliphatic heterocycles. The zero-order chi connectivity index (χ0) is 9.90. The van der Waals surface area contributed by atoms with E-state index < -0.39 is 11.7 Å². The highest BCUT2D eigenvalue weighted by Crippen LogP contribution is 2.12. The van der Waals surface area contributed by atoms with Gasteiger partial charge in [-0.3, -0.25) is 5.32 Å². The molecule has 1 N–H and O–H groups in total. The number of ether oxygens (including phenoxy) is 1. The summed E-state index contributed by atoms with van der Waals surface area (Å²) in [5, 5.41) is 4.31. The molecule has 0 spiro atoms. The quantitative estimate of drug-likeness (QED) is 0.757. The lowest BCUT2D eigenvalue weighted by Gasteiger charge is -2.19. The molecule has 0 aliphatic carbocycles. The van der Waals surface area contributed by atoms with Gasteiger partial charge in [0.1, 0.15) is 5.60 Å². The summed E-state index contributed by atoms with van der Waals surface area (Å²) in [5.41, 5.74) is 0.201. The van der Waals surface area contributed by atoms with Crippen LogP contribution in [0.5, 0.6) is 0 Å². The Labute approximate surface area is 81.1 Å². The van der Waals surface area contributed by atoms with Crippen LogP contribution < -0.4 is 5.32 Å². The highest BCUT2D eigenvalue weighted by molar-refractivity contribution is 7.04. The molecule has 0 aliphatic rings. The van der Waals surface area contributed by atoms with Crippen molar-refractivity contribution < 1.29 is 9.53 Å². The highest BCUT2D eigenvalue weighted by atomic mass is 32.1. The largest absolute Gasteiger partial charge is 0.444 e. The van der Waals surface area contributed by atoms with E-state index in [0.29, 0.717) is 5.69 Å². The molecule has 0 atom stereocenters. The lowest BCUT2D eigenvalue weighted by Crippen LogP contribution is -2.27. The molecule has 0 aromatic carbocycles. The van der Waals surface area contributed by atoms with Crippen LogP contribution in [0, 0.1) is 0 Å². The van der Waals surface area contributed by atoms with Gasteiger partial charge in [0.25, 0.3) is 0 Å². The number of amides is 1. The Balaban J connectivity index is 2.43. The van der Waals surface area contributed by atoms with Crippen LogP contribution in [-0.2, 0) is 4.74 Å². The average Bonchev–Trinajstić information content (AvgIpc) is 2.34. The van der Waals surface area contributed by atoms with E-state index >= 15 is 0 Å². The Morgan fingerprint density at radius 2 is 2.31 bits per heavy atom. The normalized spacial score (nSPS) is 11.0. The zero-order valence-corrected chi connectivity index (χ0v) is 8.64. The SMILES string of the molecule is CC(C)(C)OC(=O)Nc1cnsc1. The van der Waals surface area contributed by atoms with Crippen LogP contribution in [0.4, 0.5) is 10.5 Å². The predicted molar refractivity (Wildman–Crippen MR) is 52.0 cm³/mol. The second-order valence-corrected chi connectivity index (χ2v) is 4.20. The summed E-state index contributed by atoms with van der Waals surface area (Å²) < 4.78 is 8.88. The fraction of sp³-hybridized carbons (Fsp3) is 0.500. The van der Waals surface area contributed by atoms with Crippen molar-refractivity contribution in [1.82, 2.24) is 4.37 Å². The standard InChI is InChI=1S/C8H12N2O2S/c1-8(2,3)12-7(11)10-6-4-9-13-5-6/h4-5H,1-3H3,(H,10,11). The molecule has 1 aromatic heterocycles. The molecular formula is C8H12N2O2S. The molecule has 0 fully saturated rings. The van der Waals surface area contributed by atoms with Gasteiger partial charge in [0.15, 0.2) is 0 Å². The van der Waals surface area contributed by atoms with Gasteiger partial charge in [-0.2, -0.15) is 4.37 Å². The van der Waals surface area contributed by atoms with Crippen molar-refractivity contribution in [1.29, 1.82) is 0 Å². The topological polar surface area (TPSA) is 51.2 Å². The van der Waals surface area contributed by atoms with Crippen molar-refractivity contribution in [3.05, 3.63) is 11.6 Å². The van der Waals surface area contributed by atoms with Gasteiger partial charge >= 0.3 is 6.09 Å². The van der Waals surface area contributed by atoms with E-state index in [9.17, 15) is 4.79 Å². The van der Waals surface area contributed by atoms with Crippen molar-refractivity contribution in [3.63, 3.8) is 0 Å². The Kier molecular flexibility index (Phi) is 2.87. The number of carbonyl (C=O) groups is 1. The maximum absolute atomic E-state index is 11.2. The number of anilines is 1. The van der Waals surface area contributed by atoms with E-state index in [0.717, 1.165) is 0 Å². The van der Waals surface area contributed by atoms with Crippen LogP contribution in [0.2, 0.25) is 0 Å². The minimum Gasteiger partial charge on any atom is -0.444 e. The Bertz CT molecular complexity index is 277. The minimum absolute atomic E-state index is 0.451. The van der Waals surface area contributed by atoms with E-state index in [4.69, 9.17) is 4.74 Å². The fourth-order valence-electron chi connectivity index (χ4n) is 0.688. The molecule has 0 saturated carbocycles. The molecule has 4 nitrogen and oxygen atoms in total. The third-order valence-corrected chi connectivity index (χ3v) is 1.66. The number of hydrogen-bond acceptors (Lipinski definition) is 4. The lowest BCUT2D eigenvalue weighted by atomic mass is 10.2. The van der Waals surface area contributed by atoms with Gasteiger partial charge in [-0.1, -0.05) is 0 Å². The van der Waals surface area contributed by atoms with Crippen LogP contribution in [0.15, 0.2) is 11.6 Å². The van der Waals surface area contributed by atoms with E-state index in [1.54, 1.807) is 11.6 Å². The number of nitrogens with one attached hydrogen (secondary N) is 1. The van der Waals surface area contributed by atoms with Crippen LogP contribution in [0.25, 0.3) is 0 Å². The van der Waals surface area contributed by atoms with Gasteiger partial charge in [-0.25, -0.2) is 4.79 Å². The van der Waals surface area contributed by atoms with E-state index in [1.807, 2.05) is 20.8 Å². The number of hydrogen-bond donors (Lipinski definition) is 1. The van der Waals surface area contributed by atoms with Gasteiger partial charge < -0.3 is 4.74 Å². The number of carbonyl (C=O) groups excluding carboxylic acids is 1. The Morgan fingerprint density at radius 1 is 1.62 bits per heavy atom. The second-order valence-electron chi connectivity index (χ2n) is 3.54. The second kappa shape index (κ2) is 3.74. The molecule has 1 heterocycles. The smallest absolute Gasteiger partial charge is 0.412 e. The van der Waals surface area contributed by atoms with Crippen LogP contribution in [0.3, 0.4) is 0 Å². The monoisotopic (exact) mass is 200 g/mol. The first-order valence-electron chi connectivity index (χ1n) is 3.87. The molecule has 5 heteroatoms. The number of nitrogens with zero attached hydrogens (tertiary/aromatic N) is 1. The molecule has 1 aromatic rings. The molecule has 0 bridgehead atoms. The Morgan fingerprint density at radius 3 is 2.77 bits per heavy atom.